The second kappa shape index (κ2) is 11.0. The monoisotopic (exact) mass is 599 g/mol. The number of nitrogens with one attached hydrogen (secondary N) is 1. The van der Waals surface area contributed by atoms with Crippen molar-refractivity contribution in [2.24, 2.45) is 5.92 Å². The van der Waals surface area contributed by atoms with E-state index in [-0.39, 0.29) is 35.7 Å². The van der Waals surface area contributed by atoms with Crippen molar-refractivity contribution >= 4 is 39.9 Å². The van der Waals surface area contributed by atoms with Crippen LogP contribution in [0.1, 0.15) is 19.1 Å². The third-order valence-electron chi connectivity index (χ3n) is 7.20. The zero-order chi connectivity index (χ0) is 28.0. The molecule has 1 saturated carbocycles. The molecule has 20 heteroatoms. The molecular formula is C20H27N9O9P2. The van der Waals surface area contributed by atoms with Crippen LogP contribution in [0.5, 0.6) is 0 Å². The Bertz CT molecular complexity index is 1460. The van der Waals surface area contributed by atoms with Crippen LogP contribution in [0.2, 0.25) is 0 Å². The molecule has 3 fully saturated rings. The lowest BCUT2D eigenvalue weighted by Crippen LogP contribution is -2.34. The first-order valence-electron chi connectivity index (χ1n) is 12.3. The maximum Gasteiger partial charge on any atom is 0.472 e. The molecule has 0 spiro atoms. The van der Waals surface area contributed by atoms with Gasteiger partial charge in [0.05, 0.1) is 25.6 Å². The number of phosphoric ester groups is 1. The lowest BCUT2D eigenvalue weighted by molar-refractivity contribution is -0.0523. The molecule has 2 aliphatic heterocycles. The molecule has 216 valence electrons. The number of aliphatic hydroxyl groups excluding tert-OH is 1. The third-order valence-corrected chi connectivity index (χ3v) is 8.86. The van der Waals surface area contributed by atoms with Crippen molar-refractivity contribution in [3.63, 3.8) is 0 Å². The Morgan fingerprint density at radius 3 is 2.83 bits per heavy atom. The molecule has 0 radical (unpaired) electrons. The van der Waals surface area contributed by atoms with E-state index < -0.39 is 59.7 Å². The second-order valence-electron chi connectivity index (χ2n) is 9.65. The van der Waals surface area contributed by atoms with E-state index >= 15 is 0 Å². The molecular weight excluding hydrogens is 572 g/mol. The molecule has 6 rings (SSSR count). The Morgan fingerprint density at radius 1 is 1.23 bits per heavy atom. The van der Waals surface area contributed by atoms with E-state index in [1.807, 2.05) is 11.9 Å². The quantitative estimate of drug-likeness (QED) is 0.277. The number of aliphatic hydroxyl groups is 1. The lowest BCUT2D eigenvalue weighted by atomic mass is 10.1. The van der Waals surface area contributed by atoms with E-state index in [1.54, 1.807) is 0 Å². The van der Waals surface area contributed by atoms with Crippen molar-refractivity contribution in [1.82, 2.24) is 34.5 Å². The number of phosphoric acid groups is 1. The number of aromatic amines is 1. The first-order valence-corrected chi connectivity index (χ1v) is 14.6. The van der Waals surface area contributed by atoms with Gasteiger partial charge in [0.1, 0.15) is 31.0 Å². The molecule has 2 unspecified atom stereocenters. The maximum absolute atomic E-state index is 13.0. The van der Waals surface area contributed by atoms with Gasteiger partial charge in [0, 0.05) is 19.0 Å². The number of rotatable bonds is 3. The number of imidazole rings is 1. The summed E-state index contributed by atoms with van der Waals surface area (Å²) in [6.45, 7) is -0.340. The first-order chi connectivity index (χ1) is 19.2. The minimum Gasteiger partial charge on any atom is -0.387 e. The second-order valence-corrected chi connectivity index (χ2v) is 11.7. The van der Waals surface area contributed by atoms with E-state index in [4.69, 9.17) is 28.6 Å². The number of ether oxygens (including phenoxy) is 1. The summed E-state index contributed by atoms with van der Waals surface area (Å²) >= 11 is 0. The van der Waals surface area contributed by atoms with Gasteiger partial charge in [0.2, 0.25) is 11.9 Å². The highest BCUT2D eigenvalue weighted by Gasteiger charge is 2.49. The van der Waals surface area contributed by atoms with Gasteiger partial charge in [-0.25, -0.2) is 24.5 Å². The number of H-pyrrole nitrogens is 1. The van der Waals surface area contributed by atoms with E-state index in [0.29, 0.717) is 18.8 Å². The molecule has 9 atom stereocenters. The van der Waals surface area contributed by atoms with Crippen LogP contribution >= 0.6 is 16.9 Å². The van der Waals surface area contributed by atoms with Crippen molar-refractivity contribution < 1.29 is 37.4 Å². The molecule has 2 bridgehead atoms. The van der Waals surface area contributed by atoms with Gasteiger partial charge in [-0.05, 0) is 12.8 Å². The van der Waals surface area contributed by atoms with Crippen molar-refractivity contribution in [3.8, 4) is 0 Å². The molecule has 0 amide bonds. The van der Waals surface area contributed by atoms with Crippen LogP contribution in [0, 0.1) is 5.92 Å². The van der Waals surface area contributed by atoms with Gasteiger partial charge in [-0.15, -0.1) is 0 Å². The largest absolute Gasteiger partial charge is 0.472 e. The summed E-state index contributed by atoms with van der Waals surface area (Å²) in [5.41, 5.74) is 5.28. The number of fused-ring (bicyclic) bond motifs is 4. The van der Waals surface area contributed by atoms with Crippen LogP contribution in [-0.4, -0.2) is 95.2 Å². The SMILES string of the molecule is CN(c1ncncn1)[C@@H]1C[C@@H]2COPO[C@@H]3[C@H](O)[C@@H](COP(=O)(O)O[C@H]2C1)O[C@H]3n1cnc2c(=O)[nH]c(N)nc21. The van der Waals surface area contributed by atoms with E-state index in [0.717, 1.165) is 0 Å². The Balaban J connectivity index is 1.22. The molecule has 2 saturated heterocycles. The number of nitrogens with zero attached hydrogens (tertiary/aromatic N) is 7. The Morgan fingerprint density at radius 2 is 2.02 bits per heavy atom. The van der Waals surface area contributed by atoms with Gasteiger partial charge in [-0.2, -0.15) is 4.98 Å². The molecule has 3 aromatic heterocycles. The van der Waals surface area contributed by atoms with Gasteiger partial charge in [-0.3, -0.25) is 23.4 Å². The zero-order valence-electron chi connectivity index (χ0n) is 21.0. The highest BCUT2D eigenvalue weighted by molar-refractivity contribution is 7.47. The zero-order valence-corrected chi connectivity index (χ0v) is 22.9. The van der Waals surface area contributed by atoms with Gasteiger partial charge >= 0.3 is 7.82 Å². The average molecular weight is 599 g/mol. The standard InChI is InChI=1S/C20H27N9O9P2/c1-28(20-23-6-22-7-24-20)10-2-9-4-34-39-37-15-14(30)12(5-35-40(32,33)38-11(9)3-10)36-18(15)29-8-25-13-16(29)26-19(21)27-17(13)31/h6-12,14-15,18,30,39H,2-5H2,1H3,(H,32,33)(H3,21,26,27,31)/t9-,10-,11+,12-,14-,15-,18-/m1/s1. The Kier molecular flexibility index (Phi) is 7.54. The fraction of sp³-hybridized carbons (Fsp3) is 0.600. The molecule has 3 aliphatic rings. The summed E-state index contributed by atoms with van der Waals surface area (Å²) in [6.07, 6.45) is -0.0659. The summed E-state index contributed by atoms with van der Waals surface area (Å²) in [7, 11) is -3.28. The molecule has 5 heterocycles. The van der Waals surface area contributed by atoms with E-state index in [2.05, 4.69) is 29.9 Å². The number of aromatic nitrogens is 7. The number of nitrogens with two attached hydrogens (primary N) is 1. The van der Waals surface area contributed by atoms with E-state index in [9.17, 15) is 19.4 Å². The van der Waals surface area contributed by atoms with Gasteiger partial charge in [-0.1, -0.05) is 0 Å². The average Bonchev–Trinajstić information content (AvgIpc) is 3.61. The predicted octanol–water partition coefficient (Wildman–Crippen LogP) is -0.514. The van der Waals surface area contributed by atoms with Crippen molar-refractivity contribution in [1.29, 1.82) is 0 Å². The van der Waals surface area contributed by atoms with Gasteiger partial charge in [0.25, 0.3) is 5.56 Å². The van der Waals surface area contributed by atoms with Gasteiger partial charge < -0.3 is 34.4 Å². The van der Waals surface area contributed by atoms with Crippen LogP contribution in [0.4, 0.5) is 11.9 Å². The first kappa shape index (κ1) is 27.5. The fourth-order valence-corrected chi connectivity index (χ4v) is 6.91. The number of hydrogen-bond donors (Lipinski definition) is 4. The van der Waals surface area contributed by atoms with Crippen LogP contribution in [0.15, 0.2) is 23.8 Å². The number of hydrogen-bond acceptors (Lipinski definition) is 15. The molecule has 18 nitrogen and oxygen atoms in total. The van der Waals surface area contributed by atoms with Gasteiger partial charge in [0.15, 0.2) is 26.4 Å². The molecule has 1 aliphatic carbocycles. The topological polar surface area (TPSA) is 235 Å². The van der Waals surface area contributed by atoms with Crippen LogP contribution < -0.4 is 16.2 Å². The lowest BCUT2D eigenvalue weighted by Gasteiger charge is -2.24. The Labute approximate surface area is 227 Å². The fourth-order valence-electron chi connectivity index (χ4n) is 5.19. The maximum atomic E-state index is 13.0. The van der Waals surface area contributed by atoms with Crippen molar-refractivity contribution in [3.05, 3.63) is 29.3 Å². The van der Waals surface area contributed by atoms with Crippen molar-refractivity contribution in [2.75, 3.05) is 30.9 Å². The highest BCUT2D eigenvalue weighted by atomic mass is 31.2. The summed E-state index contributed by atoms with van der Waals surface area (Å²) in [6, 6.07) is -0.110. The number of anilines is 2. The molecule has 0 aromatic carbocycles. The van der Waals surface area contributed by atoms with E-state index in [1.165, 1.54) is 23.5 Å². The molecule has 3 aromatic rings. The smallest absolute Gasteiger partial charge is 0.387 e. The van der Waals surface area contributed by atoms with Crippen LogP contribution in [0.3, 0.4) is 0 Å². The Hall–Kier alpha value is -2.66. The summed E-state index contributed by atoms with van der Waals surface area (Å²) in [5, 5.41) is 11.0. The van der Waals surface area contributed by atoms with Crippen LogP contribution in [-0.2, 0) is 27.4 Å². The highest BCUT2D eigenvalue weighted by Crippen LogP contribution is 2.50. The summed E-state index contributed by atoms with van der Waals surface area (Å²) < 4.78 is 42.9. The predicted molar refractivity (Wildman–Crippen MR) is 137 cm³/mol. The molecule has 40 heavy (non-hydrogen) atoms. The summed E-state index contributed by atoms with van der Waals surface area (Å²) in [4.78, 5) is 47.4. The third kappa shape index (κ3) is 5.34. The number of nitrogen functional groups attached to an aromatic ring is 1. The van der Waals surface area contributed by atoms with Crippen LogP contribution in [0.25, 0.3) is 11.2 Å². The van der Waals surface area contributed by atoms with Crippen molar-refractivity contribution in [2.45, 2.75) is 49.5 Å². The molecule has 5 N–H and O–H groups in total. The minimum absolute atomic E-state index is 0.0102. The minimum atomic E-state index is -4.58. The normalized spacial score (nSPS) is 35.6. The summed E-state index contributed by atoms with van der Waals surface area (Å²) in [5.74, 6) is 0.0506.